The first kappa shape index (κ1) is 22.8. The van der Waals surface area contributed by atoms with Gasteiger partial charge in [-0.05, 0) is 62.4 Å². The van der Waals surface area contributed by atoms with E-state index in [0.29, 0.717) is 32.9 Å². The molecule has 4 rings (SSSR count). The summed E-state index contributed by atoms with van der Waals surface area (Å²) in [5.41, 5.74) is 3.78. The molecule has 0 radical (unpaired) electrons. The van der Waals surface area contributed by atoms with Crippen molar-refractivity contribution < 1.29 is 9.53 Å². The smallest absolute Gasteiger partial charge is 0.342 e. The molecule has 0 unspecified atom stereocenters. The molecule has 0 aliphatic rings. The summed E-state index contributed by atoms with van der Waals surface area (Å²) in [4.78, 5) is 24.3. The molecule has 0 aliphatic heterocycles. The molecular formula is C26H21Cl2N3O2. The maximum absolute atomic E-state index is 12.8. The monoisotopic (exact) mass is 477 g/mol. The van der Waals surface area contributed by atoms with Crippen molar-refractivity contribution in [3.8, 4) is 11.3 Å². The van der Waals surface area contributed by atoms with E-state index in [4.69, 9.17) is 37.9 Å². The minimum absolute atomic E-state index is 0.260. The molecule has 1 aromatic heterocycles. The molecule has 0 amide bonds. The Morgan fingerprint density at radius 3 is 1.91 bits per heavy atom. The van der Waals surface area contributed by atoms with Crippen molar-refractivity contribution in [1.29, 1.82) is 0 Å². The van der Waals surface area contributed by atoms with Crippen LogP contribution in [-0.2, 0) is 4.74 Å². The Hall–Kier alpha value is -3.41. The van der Waals surface area contributed by atoms with E-state index in [0.717, 1.165) is 16.9 Å². The summed E-state index contributed by atoms with van der Waals surface area (Å²) in [6, 6.07) is 24.3. The summed E-state index contributed by atoms with van der Waals surface area (Å²) in [7, 11) is 0. The number of nitrogens with zero attached hydrogens (tertiary/aromatic N) is 3. The van der Waals surface area contributed by atoms with Gasteiger partial charge in [0.2, 0.25) is 5.95 Å². The van der Waals surface area contributed by atoms with Crippen LogP contribution in [0.15, 0.2) is 78.9 Å². The van der Waals surface area contributed by atoms with Gasteiger partial charge in [-0.2, -0.15) is 0 Å². The summed E-state index contributed by atoms with van der Waals surface area (Å²) in [5, 5.41) is 1.24. The Kier molecular flexibility index (Phi) is 6.92. The normalized spacial score (nSPS) is 10.7. The van der Waals surface area contributed by atoms with Crippen LogP contribution < -0.4 is 4.90 Å². The highest BCUT2D eigenvalue weighted by atomic mass is 35.5. The highest BCUT2D eigenvalue weighted by Crippen LogP contribution is 2.36. The van der Waals surface area contributed by atoms with Crippen LogP contribution in [-0.4, -0.2) is 22.5 Å². The molecule has 5 nitrogen and oxygen atoms in total. The topological polar surface area (TPSA) is 55.3 Å². The standard InChI is InChI=1S/C26H21Cl2N3O2/c1-3-33-25(32)23-17(2)29-26(30-24(23)18-7-5-4-6-8-18)31(21-13-9-19(27)10-14-21)22-15-11-20(28)12-16-22/h4-16H,3H2,1-2H3. The zero-order valence-corrected chi connectivity index (χ0v) is 19.6. The van der Waals surface area contributed by atoms with E-state index < -0.39 is 5.97 Å². The molecule has 0 aliphatic carbocycles. The number of benzene rings is 3. The van der Waals surface area contributed by atoms with Gasteiger partial charge in [0, 0.05) is 27.0 Å². The Morgan fingerprint density at radius 1 is 0.848 bits per heavy atom. The lowest BCUT2D eigenvalue weighted by Crippen LogP contribution is -2.18. The number of halogens is 2. The van der Waals surface area contributed by atoms with E-state index in [9.17, 15) is 4.79 Å². The van der Waals surface area contributed by atoms with E-state index in [1.807, 2.05) is 59.5 Å². The number of esters is 1. The molecule has 0 spiro atoms. The first-order valence-corrected chi connectivity index (χ1v) is 11.2. The molecular weight excluding hydrogens is 457 g/mol. The van der Waals surface area contributed by atoms with Crippen molar-refractivity contribution in [1.82, 2.24) is 9.97 Å². The molecule has 1 heterocycles. The third-order valence-corrected chi connectivity index (χ3v) is 5.48. The van der Waals surface area contributed by atoms with Gasteiger partial charge in [0.25, 0.3) is 0 Å². The number of aryl methyl sites for hydroxylation is 1. The molecule has 33 heavy (non-hydrogen) atoms. The van der Waals surface area contributed by atoms with Crippen LogP contribution in [0, 0.1) is 6.92 Å². The average Bonchev–Trinajstić information content (AvgIpc) is 2.82. The van der Waals surface area contributed by atoms with Gasteiger partial charge in [0.1, 0.15) is 5.56 Å². The highest BCUT2D eigenvalue weighted by molar-refractivity contribution is 6.31. The number of anilines is 3. The number of rotatable bonds is 6. The predicted octanol–water partition coefficient (Wildman–Crippen LogP) is 7.41. The average molecular weight is 478 g/mol. The van der Waals surface area contributed by atoms with E-state index in [1.54, 1.807) is 38.1 Å². The summed E-state index contributed by atoms with van der Waals surface area (Å²) in [6.07, 6.45) is 0. The Labute approximate surface area is 202 Å². The third kappa shape index (κ3) is 5.00. The predicted molar refractivity (Wildman–Crippen MR) is 133 cm³/mol. The number of ether oxygens (including phenoxy) is 1. The molecule has 4 aromatic rings. The zero-order valence-electron chi connectivity index (χ0n) is 18.1. The minimum atomic E-state index is -0.454. The van der Waals surface area contributed by atoms with E-state index in [-0.39, 0.29) is 6.61 Å². The zero-order chi connectivity index (χ0) is 23.4. The van der Waals surface area contributed by atoms with Crippen molar-refractivity contribution in [3.63, 3.8) is 0 Å². The van der Waals surface area contributed by atoms with Gasteiger partial charge in [0.15, 0.2) is 0 Å². The summed E-state index contributed by atoms with van der Waals surface area (Å²) in [6.45, 7) is 3.81. The van der Waals surface area contributed by atoms with E-state index in [1.165, 1.54) is 0 Å². The van der Waals surface area contributed by atoms with Crippen LogP contribution in [0.25, 0.3) is 11.3 Å². The fraction of sp³-hybridized carbons (Fsp3) is 0.115. The lowest BCUT2D eigenvalue weighted by molar-refractivity contribution is 0.0525. The van der Waals surface area contributed by atoms with Gasteiger partial charge in [-0.1, -0.05) is 53.5 Å². The van der Waals surface area contributed by atoms with Crippen LogP contribution in [0.1, 0.15) is 23.0 Å². The third-order valence-electron chi connectivity index (χ3n) is 4.97. The number of carbonyl (C=O) groups excluding carboxylic acids is 1. The summed E-state index contributed by atoms with van der Waals surface area (Å²) >= 11 is 12.3. The molecule has 0 saturated heterocycles. The molecule has 0 bridgehead atoms. The Morgan fingerprint density at radius 2 is 1.39 bits per heavy atom. The van der Waals surface area contributed by atoms with Gasteiger partial charge >= 0.3 is 5.97 Å². The molecule has 0 fully saturated rings. The SMILES string of the molecule is CCOC(=O)c1c(C)nc(N(c2ccc(Cl)cc2)c2ccc(Cl)cc2)nc1-c1ccccc1. The highest BCUT2D eigenvalue weighted by Gasteiger charge is 2.24. The van der Waals surface area contributed by atoms with Crippen molar-refractivity contribution in [2.75, 3.05) is 11.5 Å². The van der Waals surface area contributed by atoms with Crippen LogP contribution in [0.3, 0.4) is 0 Å². The fourth-order valence-corrected chi connectivity index (χ4v) is 3.72. The van der Waals surface area contributed by atoms with Gasteiger partial charge in [-0.3, -0.25) is 4.90 Å². The second kappa shape index (κ2) is 10.0. The minimum Gasteiger partial charge on any atom is -0.462 e. The van der Waals surface area contributed by atoms with Crippen LogP contribution in [0.4, 0.5) is 17.3 Å². The summed E-state index contributed by atoms with van der Waals surface area (Å²) in [5.74, 6) is -0.0472. The van der Waals surface area contributed by atoms with Crippen LogP contribution >= 0.6 is 23.2 Å². The van der Waals surface area contributed by atoms with Crippen molar-refractivity contribution in [3.05, 3.63) is 100 Å². The lowest BCUT2D eigenvalue weighted by atomic mass is 10.0. The molecule has 166 valence electrons. The largest absolute Gasteiger partial charge is 0.462 e. The quantitative estimate of drug-likeness (QED) is 0.270. The maximum atomic E-state index is 12.8. The van der Waals surface area contributed by atoms with Crippen molar-refractivity contribution in [2.24, 2.45) is 0 Å². The van der Waals surface area contributed by atoms with Crippen LogP contribution in [0.2, 0.25) is 10.0 Å². The lowest BCUT2D eigenvalue weighted by Gasteiger charge is -2.25. The second-order valence-electron chi connectivity index (χ2n) is 7.21. The molecule has 3 aromatic carbocycles. The Balaban J connectivity index is 1.95. The first-order chi connectivity index (χ1) is 16.0. The number of aromatic nitrogens is 2. The van der Waals surface area contributed by atoms with Gasteiger partial charge in [0.05, 0.1) is 18.0 Å². The number of hydrogen-bond donors (Lipinski definition) is 0. The Bertz CT molecular complexity index is 1220. The van der Waals surface area contributed by atoms with E-state index >= 15 is 0 Å². The maximum Gasteiger partial charge on any atom is 0.342 e. The second-order valence-corrected chi connectivity index (χ2v) is 8.08. The van der Waals surface area contributed by atoms with Crippen molar-refractivity contribution in [2.45, 2.75) is 13.8 Å². The summed E-state index contributed by atoms with van der Waals surface area (Å²) < 4.78 is 5.31. The first-order valence-electron chi connectivity index (χ1n) is 10.4. The molecule has 7 heteroatoms. The van der Waals surface area contributed by atoms with Gasteiger partial charge in [-0.15, -0.1) is 0 Å². The molecule has 0 saturated carbocycles. The number of hydrogen-bond acceptors (Lipinski definition) is 5. The van der Waals surface area contributed by atoms with E-state index in [2.05, 4.69) is 0 Å². The fourth-order valence-electron chi connectivity index (χ4n) is 3.47. The van der Waals surface area contributed by atoms with Gasteiger partial charge < -0.3 is 4.74 Å². The molecule has 0 atom stereocenters. The number of carbonyl (C=O) groups is 1. The molecule has 0 N–H and O–H groups in total. The van der Waals surface area contributed by atoms with Gasteiger partial charge in [-0.25, -0.2) is 14.8 Å². The van der Waals surface area contributed by atoms with Crippen LogP contribution in [0.5, 0.6) is 0 Å². The van der Waals surface area contributed by atoms with Crippen molar-refractivity contribution >= 4 is 46.5 Å².